The first-order valence-electron chi connectivity index (χ1n) is 5.20. The zero-order valence-corrected chi connectivity index (χ0v) is 9.94. The Kier molecular flexibility index (Phi) is 4.45. The second-order valence-corrected chi connectivity index (χ2v) is 3.47. The van der Waals surface area contributed by atoms with Gasteiger partial charge >= 0.3 is 0 Å². The number of allylic oxidation sites excluding steroid dienone is 3. The van der Waals surface area contributed by atoms with Crippen molar-refractivity contribution in [2.45, 2.75) is 20.8 Å². The predicted molar refractivity (Wildman–Crippen MR) is 68.8 cm³/mol. The van der Waals surface area contributed by atoms with Gasteiger partial charge < -0.3 is 5.73 Å². The molecule has 3 heteroatoms. The highest BCUT2D eigenvalue weighted by atomic mass is 14.8. The lowest BCUT2D eigenvalue weighted by atomic mass is 10.1. The smallest absolute Gasteiger partial charge is 0.0666 e. The van der Waals surface area contributed by atoms with E-state index in [1.54, 1.807) is 12.4 Å². The van der Waals surface area contributed by atoms with Crippen molar-refractivity contribution < 1.29 is 0 Å². The molecule has 1 aromatic heterocycles. The normalized spacial score (nSPS) is 13.4. The Labute approximate surface area is 96.4 Å². The van der Waals surface area contributed by atoms with Crippen molar-refractivity contribution in [1.29, 1.82) is 0 Å². The van der Waals surface area contributed by atoms with Crippen molar-refractivity contribution in [3.05, 3.63) is 47.9 Å². The third-order valence-corrected chi connectivity index (χ3v) is 2.12. The molecule has 0 saturated carbocycles. The van der Waals surface area contributed by atoms with E-state index in [0.717, 1.165) is 22.7 Å². The summed E-state index contributed by atoms with van der Waals surface area (Å²) in [6, 6.07) is 3.81. The molecule has 0 atom stereocenters. The maximum atomic E-state index is 5.54. The minimum Gasteiger partial charge on any atom is -0.404 e. The molecule has 16 heavy (non-hydrogen) atoms. The topological polar surface area (TPSA) is 51.3 Å². The largest absolute Gasteiger partial charge is 0.404 e. The number of rotatable bonds is 3. The van der Waals surface area contributed by atoms with Crippen LogP contribution in [-0.4, -0.2) is 10.7 Å². The lowest BCUT2D eigenvalue weighted by Crippen LogP contribution is -1.97. The molecule has 2 N–H and O–H groups in total. The highest BCUT2D eigenvalue weighted by molar-refractivity contribution is 6.01. The van der Waals surface area contributed by atoms with Crippen molar-refractivity contribution in [3.63, 3.8) is 0 Å². The van der Waals surface area contributed by atoms with Crippen LogP contribution in [-0.2, 0) is 0 Å². The van der Waals surface area contributed by atoms with Gasteiger partial charge in [0.05, 0.1) is 5.69 Å². The molecule has 0 saturated heterocycles. The van der Waals surface area contributed by atoms with Crippen LogP contribution in [0.2, 0.25) is 0 Å². The number of aliphatic imine (C=N–C) groups is 1. The van der Waals surface area contributed by atoms with Crippen LogP contribution < -0.4 is 5.73 Å². The summed E-state index contributed by atoms with van der Waals surface area (Å²) in [4.78, 5) is 8.61. The van der Waals surface area contributed by atoms with E-state index in [1.807, 2.05) is 45.1 Å². The molecule has 0 aliphatic heterocycles. The second-order valence-electron chi connectivity index (χ2n) is 3.47. The average Bonchev–Trinajstić information content (AvgIpc) is 2.25. The summed E-state index contributed by atoms with van der Waals surface area (Å²) in [6.07, 6.45) is 7.19. The number of nitrogens with two attached hydrogens (primary N) is 1. The van der Waals surface area contributed by atoms with Crippen LogP contribution in [0.1, 0.15) is 19.5 Å². The highest BCUT2D eigenvalue weighted by Gasteiger charge is 1.97. The minimum absolute atomic E-state index is 0.895. The first-order chi connectivity index (χ1) is 7.67. The lowest BCUT2D eigenvalue weighted by molar-refractivity contribution is 1.19. The van der Waals surface area contributed by atoms with Gasteiger partial charge in [-0.3, -0.25) is 9.98 Å². The van der Waals surface area contributed by atoms with E-state index in [2.05, 4.69) is 9.98 Å². The maximum Gasteiger partial charge on any atom is 0.0666 e. The molecule has 0 unspecified atom stereocenters. The Hall–Kier alpha value is -1.90. The standard InChI is InChI=1S/C13H17N3/c1-4-5-12(9-14)11(3)16-13-6-7-15-10(2)8-13/h4-9H,14H2,1-3H3/b5-4+,12-9?,16-11?. The van der Waals surface area contributed by atoms with Crippen molar-refractivity contribution in [3.8, 4) is 0 Å². The summed E-state index contributed by atoms with van der Waals surface area (Å²) in [5.41, 5.74) is 9.21. The summed E-state index contributed by atoms with van der Waals surface area (Å²) < 4.78 is 0. The molecular formula is C13H17N3. The van der Waals surface area contributed by atoms with Gasteiger partial charge in [-0.1, -0.05) is 12.2 Å². The first kappa shape index (κ1) is 12.2. The Bertz CT molecular complexity index is 442. The third-order valence-electron chi connectivity index (χ3n) is 2.12. The second kappa shape index (κ2) is 5.85. The molecule has 0 radical (unpaired) electrons. The molecule has 1 heterocycles. The number of aromatic nitrogens is 1. The van der Waals surface area contributed by atoms with E-state index < -0.39 is 0 Å². The van der Waals surface area contributed by atoms with Crippen molar-refractivity contribution >= 4 is 11.4 Å². The van der Waals surface area contributed by atoms with E-state index in [0.29, 0.717) is 0 Å². The van der Waals surface area contributed by atoms with E-state index in [9.17, 15) is 0 Å². The third kappa shape index (κ3) is 3.35. The van der Waals surface area contributed by atoms with Crippen molar-refractivity contribution in [2.75, 3.05) is 0 Å². The fourth-order valence-electron chi connectivity index (χ4n) is 1.33. The molecule has 0 fully saturated rings. The van der Waals surface area contributed by atoms with Gasteiger partial charge in [-0.2, -0.15) is 0 Å². The molecule has 0 bridgehead atoms. The zero-order chi connectivity index (χ0) is 12.0. The monoisotopic (exact) mass is 215 g/mol. The van der Waals surface area contributed by atoms with Crippen molar-refractivity contribution in [1.82, 2.24) is 4.98 Å². The van der Waals surface area contributed by atoms with Gasteiger partial charge in [-0.05, 0) is 32.9 Å². The zero-order valence-electron chi connectivity index (χ0n) is 9.94. The van der Waals surface area contributed by atoms with Gasteiger partial charge in [-0.15, -0.1) is 0 Å². The minimum atomic E-state index is 0.895. The highest BCUT2D eigenvalue weighted by Crippen LogP contribution is 2.14. The molecule has 0 aliphatic rings. The molecule has 0 aliphatic carbocycles. The van der Waals surface area contributed by atoms with Crippen LogP contribution in [0.15, 0.2) is 47.2 Å². The molecule has 3 nitrogen and oxygen atoms in total. The Morgan fingerprint density at radius 1 is 1.50 bits per heavy atom. The molecule has 0 amide bonds. The lowest BCUT2D eigenvalue weighted by Gasteiger charge is -2.01. The van der Waals surface area contributed by atoms with Crippen LogP contribution in [0.4, 0.5) is 5.69 Å². The van der Waals surface area contributed by atoms with Gasteiger partial charge in [-0.25, -0.2) is 0 Å². The van der Waals surface area contributed by atoms with Gasteiger partial charge in [0.15, 0.2) is 0 Å². The molecule has 84 valence electrons. The van der Waals surface area contributed by atoms with Crippen LogP contribution in [0.3, 0.4) is 0 Å². The molecule has 0 aromatic carbocycles. The molecular weight excluding hydrogens is 198 g/mol. The SMILES string of the molecule is C/C=C/C(=CN)C(C)=Nc1ccnc(C)c1. The summed E-state index contributed by atoms with van der Waals surface area (Å²) >= 11 is 0. The number of pyridine rings is 1. The Balaban J connectivity index is 3.00. The van der Waals surface area contributed by atoms with Crippen LogP contribution in [0.25, 0.3) is 0 Å². The van der Waals surface area contributed by atoms with Crippen molar-refractivity contribution in [2.24, 2.45) is 10.7 Å². The fourth-order valence-corrected chi connectivity index (χ4v) is 1.33. The fraction of sp³-hybridized carbons (Fsp3) is 0.231. The number of aryl methyl sites for hydroxylation is 1. The Morgan fingerprint density at radius 3 is 2.81 bits per heavy atom. The average molecular weight is 215 g/mol. The number of nitrogens with zero attached hydrogens (tertiary/aromatic N) is 2. The van der Waals surface area contributed by atoms with Crippen LogP contribution in [0.5, 0.6) is 0 Å². The van der Waals surface area contributed by atoms with Gasteiger partial charge in [0.25, 0.3) is 0 Å². The van der Waals surface area contributed by atoms with Gasteiger partial charge in [0, 0.05) is 29.4 Å². The van der Waals surface area contributed by atoms with E-state index in [4.69, 9.17) is 5.73 Å². The molecule has 0 spiro atoms. The van der Waals surface area contributed by atoms with Crippen LogP contribution in [0, 0.1) is 6.92 Å². The predicted octanol–water partition coefficient (Wildman–Crippen LogP) is 2.90. The Morgan fingerprint density at radius 2 is 2.25 bits per heavy atom. The maximum absolute atomic E-state index is 5.54. The van der Waals surface area contributed by atoms with Gasteiger partial charge in [0.2, 0.25) is 0 Å². The quantitative estimate of drug-likeness (QED) is 0.622. The first-order valence-corrected chi connectivity index (χ1v) is 5.20. The number of hydrogen-bond acceptors (Lipinski definition) is 3. The van der Waals surface area contributed by atoms with E-state index in [1.165, 1.54) is 0 Å². The van der Waals surface area contributed by atoms with E-state index >= 15 is 0 Å². The molecule has 1 rings (SSSR count). The summed E-state index contributed by atoms with van der Waals surface area (Å²) in [5.74, 6) is 0. The summed E-state index contributed by atoms with van der Waals surface area (Å²) in [5, 5.41) is 0. The number of hydrogen-bond donors (Lipinski definition) is 1. The summed E-state index contributed by atoms with van der Waals surface area (Å²) in [6.45, 7) is 5.84. The molecule has 1 aromatic rings. The van der Waals surface area contributed by atoms with E-state index in [-0.39, 0.29) is 0 Å². The van der Waals surface area contributed by atoms with Crippen LogP contribution >= 0.6 is 0 Å². The van der Waals surface area contributed by atoms with Gasteiger partial charge in [0.1, 0.15) is 0 Å². The summed E-state index contributed by atoms with van der Waals surface area (Å²) in [7, 11) is 0.